The van der Waals surface area contributed by atoms with Gasteiger partial charge in [-0.2, -0.15) is 13.2 Å². The molecule has 170 valence electrons. The van der Waals surface area contributed by atoms with E-state index < -0.39 is 35.0 Å². The van der Waals surface area contributed by atoms with E-state index in [0.29, 0.717) is 25.1 Å². The fourth-order valence-corrected chi connectivity index (χ4v) is 4.05. The average Bonchev–Trinajstić information content (AvgIpc) is 3.25. The molecule has 1 aliphatic heterocycles. The van der Waals surface area contributed by atoms with Crippen LogP contribution in [0.2, 0.25) is 0 Å². The highest BCUT2D eigenvalue weighted by molar-refractivity contribution is 7.10. The maximum absolute atomic E-state index is 13.2. The van der Waals surface area contributed by atoms with Crippen LogP contribution < -0.4 is 5.32 Å². The van der Waals surface area contributed by atoms with Crippen molar-refractivity contribution in [1.29, 1.82) is 0 Å². The number of carbonyl (C=O) groups excluding carboxylic acids is 2. The van der Waals surface area contributed by atoms with Gasteiger partial charge in [-0.3, -0.25) is 4.79 Å². The van der Waals surface area contributed by atoms with Crippen LogP contribution in [0.1, 0.15) is 61.2 Å². The second kappa shape index (κ2) is 7.85. The maximum atomic E-state index is 13.2. The van der Waals surface area contributed by atoms with Crippen LogP contribution in [-0.2, 0) is 23.1 Å². The number of alkyl halides is 3. The lowest BCUT2D eigenvalue weighted by Gasteiger charge is -2.30. The second-order valence-corrected chi connectivity index (χ2v) is 9.82. The molecule has 0 aliphatic carbocycles. The van der Waals surface area contributed by atoms with Crippen molar-refractivity contribution in [2.24, 2.45) is 0 Å². The fourth-order valence-electron chi connectivity index (χ4n) is 2.95. The Morgan fingerprint density at radius 1 is 1.23 bits per heavy atom. The molecule has 0 aromatic carbocycles. The van der Waals surface area contributed by atoms with Gasteiger partial charge in [0.15, 0.2) is 11.6 Å². The lowest BCUT2D eigenvalue weighted by molar-refractivity contribution is -0.185. The number of carbonyl (C=O) groups is 2. The summed E-state index contributed by atoms with van der Waals surface area (Å²) < 4.78 is 49.7. The predicted molar refractivity (Wildman–Crippen MR) is 108 cm³/mol. The Bertz CT molecular complexity index is 989. The molecule has 0 saturated heterocycles. The summed E-state index contributed by atoms with van der Waals surface area (Å²) in [4.78, 5) is 27.4. The molecule has 0 atom stereocenters. The molecule has 0 spiro atoms. The Labute approximate surface area is 181 Å². The van der Waals surface area contributed by atoms with Crippen LogP contribution >= 0.6 is 11.3 Å². The number of halogens is 3. The number of ether oxygens (including phenoxy) is 1. The monoisotopic (exact) mass is 459 g/mol. The first-order valence-electron chi connectivity index (χ1n) is 9.61. The Kier molecular flexibility index (Phi) is 5.85. The van der Waals surface area contributed by atoms with Gasteiger partial charge in [0.05, 0.1) is 12.1 Å². The van der Waals surface area contributed by atoms with Crippen LogP contribution in [0.5, 0.6) is 0 Å². The Morgan fingerprint density at radius 3 is 2.52 bits per heavy atom. The summed E-state index contributed by atoms with van der Waals surface area (Å²) in [5, 5.41) is 7.71. The van der Waals surface area contributed by atoms with Crippen LogP contribution in [0.15, 0.2) is 16.0 Å². The fraction of sp³-hybridized carbons (Fsp3) is 0.550. The van der Waals surface area contributed by atoms with Gasteiger partial charge in [0, 0.05) is 22.9 Å². The van der Waals surface area contributed by atoms with E-state index in [4.69, 9.17) is 9.26 Å². The quantitative estimate of drug-likeness (QED) is 0.689. The molecular weight excluding hydrogens is 435 g/mol. The van der Waals surface area contributed by atoms with E-state index in [2.05, 4.69) is 10.5 Å². The van der Waals surface area contributed by atoms with Gasteiger partial charge in [0.1, 0.15) is 11.0 Å². The minimum absolute atomic E-state index is 0.0940. The standard InChI is InChI=1S/C20H24F3N3O4S/c1-18(2,3)29-17(28)26-7-6-11-12(10-31-13(11)9-26)16(27)24-15-8-14(30-25-15)19(4,5)20(21,22)23/h8,10H,6-7,9H2,1-5H3,(H,24,25,27). The van der Waals surface area contributed by atoms with Gasteiger partial charge >= 0.3 is 12.3 Å². The first-order chi connectivity index (χ1) is 14.2. The number of nitrogens with one attached hydrogen (secondary N) is 1. The molecule has 2 amide bonds. The minimum atomic E-state index is -4.53. The van der Waals surface area contributed by atoms with Gasteiger partial charge in [-0.1, -0.05) is 5.16 Å². The summed E-state index contributed by atoms with van der Waals surface area (Å²) in [6.45, 7) is 8.05. The summed E-state index contributed by atoms with van der Waals surface area (Å²) in [5.41, 5.74) is -1.63. The highest BCUT2D eigenvalue weighted by Crippen LogP contribution is 2.41. The predicted octanol–water partition coefficient (Wildman–Crippen LogP) is 5.12. The SMILES string of the molecule is CC(C)(C)OC(=O)N1CCc2c(C(=O)Nc3cc(C(C)(C)C(F)(F)F)on3)csc2C1. The van der Waals surface area contributed by atoms with Crippen molar-refractivity contribution in [3.8, 4) is 0 Å². The lowest BCUT2D eigenvalue weighted by Crippen LogP contribution is -2.39. The van der Waals surface area contributed by atoms with Gasteiger partial charge in [0.25, 0.3) is 5.91 Å². The second-order valence-electron chi connectivity index (χ2n) is 8.86. The average molecular weight is 459 g/mol. The number of nitrogens with zero attached hydrogens (tertiary/aromatic N) is 2. The topological polar surface area (TPSA) is 84.7 Å². The van der Waals surface area contributed by atoms with E-state index in [1.54, 1.807) is 31.1 Å². The molecule has 31 heavy (non-hydrogen) atoms. The third-order valence-electron chi connectivity index (χ3n) is 4.92. The molecule has 2 aromatic heterocycles. The molecule has 1 N–H and O–H groups in total. The molecule has 7 nitrogen and oxygen atoms in total. The van der Waals surface area contributed by atoms with Crippen molar-refractivity contribution >= 4 is 29.2 Å². The van der Waals surface area contributed by atoms with Crippen LogP contribution in [0.25, 0.3) is 0 Å². The molecule has 0 fully saturated rings. The van der Waals surface area contributed by atoms with E-state index in [0.717, 1.165) is 30.4 Å². The molecule has 0 bridgehead atoms. The smallest absolute Gasteiger partial charge is 0.410 e. The van der Waals surface area contributed by atoms with Gasteiger partial charge in [-0.05, 0) is 46.6 Å². The van der Waals surface area contributed by atoms with Gasteiger partial charge in [-0.15, -0.1) is 11.3 Å². The Balaban J connectivity index is 1.70. The molecule has 2 aromatic rings. The highest BCUT2D eigenvalue weighted by Gasteiger charge is 2.51. The van der Waals surface area contributed by atoms with E-state index >= 15 is 0 Å². The van der Waals surface area contributed by atoms with Gasteiger partial charge < -0.3 is 19.5 Å². The van der Waals surface area contributed by atoms with Gasteiger partial charge in [-0.25, -0.2) is 4.79 Å². The Morgan fingerprint density at radius 2 is 1.90 bits per heavy atom. The highest BCUT2D eigenvalue weighted by atomic mass is 32.1. The first kappa shape index (κ1) is 23.1. The van der Waals surface area contributed by atoms with Crippen molar-refractivity contribution in [2.45, 2.75) is 64.8 Å². The van der Waals surface area contributed by atoms with E-state index in [1.165, 1.54) is 11.3 Å². The third kappa shape index (κ3) is 4.86. The van der Waals surface area contributed by atoms with Crippen LogP contribution in [0.4, 0.5) is 23.8 Å². The number of aromatic nitrogens is 1. The number of anilines is 1. The largest absolute Gasteiger partial charge is 0.444 e. The van der Waals surface area contributed by atoms with E-state index in [9.17, 15) is 22.8 Å². The summed E-state index contributed by atoms with van der Waals surface area (Å²) in [6, 6.07) is 1.08. The van der Waals surface area contributed by atoms with Crippen LogP contribution in [0, 0.1) is 0 Å². The molecule has 0 unspecified atom stereocenters. The van der Waals surface area contributed by atoms with Crippen LogP contribution in [-0.4, -0.2) is 40.4 Å². The van der Waals surface area contributed by atoms with Crippen molar-refractivity contribution in [3.63, 3.8) is 0 Å². The first-order valence-corrected chi connectivity index (χ1v) is 10.5. The lowest BCUT2D eigenvalue weighted by atomic mass is 9.89. The van der Waals surface area contributed by atoms with Crippen molar-refractivity contribution < 1.29 is 32.0 Å². The number of thiophene rings is 1. The summed E-state index contributed by atoms with van der Waals surface area (Å²) in [6.07, 6.45) is -4.48. The van der Waals surface area contributed by atoms with E-state index in [-0.39, 0.29) is 5.82 Å². The van der Waals surface area contributed by atoms with Crippen molar-refractivity contribution in [2.75, 3.05) is 11.9 Å². The molecule has 3 heterocycles. The zero-order chi connectivity index (χ0) is 23.2. The molecule has 3 rings (SSSR count). The number of hydrogen-bond acceptors (Lipinski definition) is 6. The molecule has 0 saturated carbocycles. The van der Waals surface area contributed by atoms with Crippen molar-refractivity contribution in [3.05, 3.63) is 33.2 Å². The molecule has 11 heteroatoms. The van der Waals surface area contributed by atoms with E-state index in [1.807, 2.05) is 0 Å². The number of fused-ring (bicyclic) bond motifs is 1. The zero-order valence-electron chi connectivity index (χ0n) is 17.8. The summed E-state index contributed by atoms with van der Waals surface area (Å²) >= 11 is 1.34. The number of amides is 2. The van der Waals surface area contributed by atoms with Crippen LogP contribution in [0.3, 0.4) is 0 Å². The van der Waals surface area contributed by atoms with Crippen molar-refractivity contribution in [1.82, 2.24) is 10.1 Å². The molecule has 0 radical (unpaired) electrons. The minimum Gasteiger partial charge on any atom is -0.444 e. The number of hydrogen-bond donors (Lipinski definition) is 1. The molecule has 1 aliphatic rings. The van der Waals surface area contributed by atoms with Gasteiger partial charge in [0.2, 0.25) is 0 Å². The Hall–Kier alpha value is -2.56. The molecular formula is C20H24F3N3O4S. The zero-order valence-corrected chi connectivity index (χ0v) is 18.7. The third-order valence-corrected chi connectivity index (χ3v) is 5.93. The summed E-state index contributed by atoms with van der Waals surface area (Å²) in [5.74, 6) is -0.980. The maximum Gasteiger partial charge on any atom is 0.410 e. The summed E-state index contributed by atoms with van der Waals surface area (Å²) in [7, 11) is 0. The number of rotatable bonds is 3. The normalized spacial score (nSPS) is 14.9.